The molecule has 0 spiro atoms. The highest BCUT2D eigenvalue weighted by atomic mass is 16.4. The maximum atomic E-state index is 12.0. The van der Waals surface area contributed by atoms with Gasteiger partial charge in [0.25, 0.3) is 0 Å². The summed E-state index contributed by atoms with van der Waals surface area (Å²) in [6.07, 6.45) is 4.89. The molecule has 2 amide bonds. The van der Waals surface area contributed by atoms with Gasteiger partial charge in [0.05, 0.1) is 13.0 Å². The Morgan fingerprint density at radius 3 is 2.75 bits per heavy atom. The van der Waals surface area contributed by atoms with Crippen molar-refractivity contribution in [3.8, 4) is 0 Å². The van der Waals surface area contributed by atoms with Gasteiger partial charge in [-0.25, -0.2) is 9.78 Å². The summed E-state index contributed by atoms with van der Waals surface area (Å²) < 4.78 is 1.84. The van der Waals surface area contributed by atoms with E-state index in [0.29, 0.717) is 13.0 Å². The maximum absolute atomic E-state index is 12.0. The Kier molecular flexibility index (Phi) is 6.02. The van der Waals surface area contributed by atoms with Crippen LogP contribution in [0, 0.1) is 0 Å². The Balaban J connectivity index is 2.54. The Bertz CT molecular complexity index is 458. The Hall–Kier alpha value is -2.05. The molecule has 1 rings (SSSR count). The third-order valence-corrected chi connectivity index (χ3v) is 3.03. The number of carbonyl (C=O) groups is 2. The second kappa shape index (κ2) is 7.52. The number of aromatic nitrogens is 2. The van der Waals surface area contributed by atoms with E-state index in [-0.39, 0.29) is 18.5 Å². The summed E-state index contributed by atoms with van der Waals surface area (Å²) >= 11 is 0. The van der Waals surface area contributed by atoms with Gasteiger partial charge in [0.2, 0.25) is 0 Å². The van der Waals surface area contributed by atoms with Crippen LogP contribution in [-0.2, 0) is 18.4 Å². The topological polar surface area (TPSA) is 87.5 Å². The van der Waals surface area contributed by atoms with Crippen LogP contribution in [0.2, 0.25) is 0 Å². The van der Waals surface area contributed by atoms with Crippen molar-refractivity contribution in [2.45, 2.75) is 38.8 Å². The minimum atomic E-state index is -0.907. The smallest absolute Gasteiger partial charge is 0.317 e. The molecular weight excluding hydrogens is 260 g/mol. The fraction of sp³-hybridized carbons (Fsp3) is 0.615. The van der Waals surface area contributed by atoms with E-state index in [1.807, 2.05) is 24.7 Å². The highest BCUT2D eigenvalue weighted by Crippen LogP contribution is 2.05. The zero-order chi connectivity index (χ0) is 15.1. The molecule has 0 fully saturated rings. The third kappa shape index (κ3) is 4.91. The fourth-order valence-corrected chi connectivity index (χ4v) is 1.90. The first-order valence-corrected chi connectivity index (χ1v) is 6.63. The van der Waals surface area contributed by atoms with E-state index in [1.54, 1.807) is 13.2 Å². The van der Waals surface area contributed by atoms with Gasteiger partial charge < -0.3 is 19.9 Å². The van der Waals surface area contributed by atoms with Gasteiger partial charge in [-0.2, -0.15) is 0 Å². The molecule has 1 atom stereocenters. The Morgan fingerprint density at radius 1 is 1.55 bits per heavy atom. The lowest BCUT2D eigenvalue weighted by molar-refractivity contribution is -0.137. The van der Waals surface area contributed by atoms with Crippen molar-refractivity contribution in [3.63, 3.8) is 0 Å². The quantitative estimate of drug-likeness (QED) is 0.786. The zero-order valence-electron chi connectivity index (χ0n) is 12.2. The van der Waals surface area contributed by atoms with Crippen LogP contribution in [0.4, 0.5) is 4.79 Å². The molecular formula is C13H22N4O3. The first kappa shape index (κ1) is 16.0. The lowest BCUT2D eigenvalue weighted by atomic mass is 10.1. The molecule has 1 aromatic heterocycles. The molecule has 0 saturated carbocycles. The molecule has 7 heteroatoms. The van der Waals surface area contributed by atoms with Gasteiger partial charge in [-0.1, -0.05) is 13.3 Å². The van der Waals surface area contributed by atoms with Gasteiger partial charge in [-0.3, -0.25) is 4.79 Å². The molecule has 2 N–H and O–H groups in total. The number of carboxylic acid groups (broad SMARTS) is 1. The monoisotopic (exact) mass is 282 g/mol. The number of urea groups is 1. The van der Waals surface area contributed by atoms with Crippen molar-refractivity contribution in [2.75, 3.05) is 7.05 Å². The molecule has 0 radical (unpaired) electrons. The molecule has 0 bridgehead atoms. The van der Waals surface area contributed by atoms with E-state index in [9.17, 15) is 9.59 Å². The van der Waals surface area contributed by atoms with Gasteiger partial charge in [-0.05, 0) is 6.42 Å². The van der Waals surface area contributed by atoms with Crippen LogP contribution in [0.1, 0.15) is 32.0 Å². The summed E-state index contributed by atoms with van der Waals surface area (Å²) in [7, 11) is 3.52. The highest BCUT2D eigenvalue weighted by molar-refractivity contribution is 5.75. The van der Waals surface area contributed by atoms with Crippen LogP contribution < -0.4 is 5.32 Å². The van der Waals surface area contributed by atoms with Crippen molar-refractivity contribution in [3.05, 3.63) is 18.2 Å². The molecule has 0 aromatic carbocycles. The van der Waals surface area contributed by atoms with Gasteiger partial charge in [0.1, 0.15) is 5.82 Å². The van der Waals surface area contributed by atoms with E-state index in [4.69, 9.17) is 5.11 Å². The number of nitrogens with one attached hydrogen (secondary N) is 1. The van der Waals surface area contributed by atoms with Crippen LogP contribution in [-0.4, -0.2) is 44.6 Å². The summed E-state index contributed by atoms with van der Waals surface area (Å²) in [4.78, 5) is 28.4. The van der Waals surface area contributed by atoms with Crippen LogP contribution in [0.15, 0.2) is 12.4 Å². The van der Waals surface area contributed by atoms with Crippen molar-refractivity contribution in [1.29, 1.82) is 0 Å². The van der Waals surface area contributed by atoms with E-state index in [0.717, 1.165) is 12.2 Å². The fourth-order valence-electron chi connectivity index (χ4n) is 1.90. The number of rotatable bonds is 7. The Labute approximate surface area is 118 Å². The van der Waals surface area contributed by atoms with E-state index in [2.05, 4.69) is 10.3 Å². The predicted octanol–water partition coefficient (Wildman–Crippen LogP) is 1.20. The van der Waals surface area contributed by atoms with Crippen LogP contribution in [0.25, 0.3) is 0 Å². The minimum absolute atomic E-state index is 0.0597. The highest BCUT2D eigenvalue weighted by Gasteiger charge is 2.18. The summed E-state index contributed by atoms with van der Waals surface area (Å²) in [6, 6.07) is -0.624. The number of nitrogens with zero attached hydrogens (tertiary/aromatic N) is 3. The number of hydrogen-bond donors (Lipinski definition) is 2. The summed E-state index contributed by atoms with van der Waals surface area (Å²) in [6.45, 7) is 2.33. The molecule has 0 saturated heterocycles. The van der Waals surface area contributed by atoms with Crippen molar-refractivity contribution < 1.29 is 14.7 Å². The molecule has 112 valence electrons. The van der Waals surface area contributed by atoms with Crippen LogP contribution >= 0.6 is 0 Å². The number of aryl methyl sites for hydroxylation is 1. The molecule has 20 heavy (non-hydrogen) atoms. The number of amides is 2. The lowest BCUT2D eigenvalue weighted by Gasteiger charge is -2.22. The summed E-state index contributed by atoms with van der Waals surface area (Å²) in [5.74, 6) is -0.136. The SMILES string of the molecule is CCCC(CC(=O)O)NC(=O)N(C)Cc1nccn1C. The lowest BCUT2D eigenvalue weighted by Crippen LogP contribution is -2.43. The van der Waals surface area contributed by atoms with E-state index in [1.165, 1.54) is 4.90 Å². The Morgan fingerprint density at radius 2 is 2.25 bits per heavy atom. The molecule has 1 aromatic rings. The second-order valence-electron chi connectivity index (χ2n) is 4.84. The standard InChI is InChI=1S/C13H22N4O3/c1-4-5-10(8-12(18)19)15-13(20)17(3)9-11-14-6-7-16(11)2/h6-7,10H,4-5,8-9H2,1-3H3,(H,15,20)(H,18,19). The molecule has 0 aliphatic heterocycles. The number of hydrogen-bond acceptors (Lipinski definition) is 3. The minimum Gasteiger partial charge on any atom is -0.481 e. The number of carboxylic acids is 1. The van der Waals surface area contributed by atoms with Gasteiger partial charge in [0.15, 0.2) is 0 Å². The predicted molar refractivity (Wildman–Crippen MR) is 74.2 cm³/mol. The van der Waals surface area contributed by atoms with Crippen molar-refractivity contribution in [1.82, 2.24) is 19.8 Å². The van der Waals surface area contributed by atoms with Crippen LogP contribution in [0.3, 0.4) is 0 Å². The normalized spacial score (nSPS) is 11.9. The van der Waals surface area contributed by atoms with E-state index >= 15 is 0 Å². The molecule has 1 heterocycles. The number of carbonyl (C=O) groups excluding carboxylic acids is 1. The number of aliphatic carboxylic acids is 1. The zero-order valence-corrected chi connectivity index (χ0v) is 12.2. The first-order valence-electron chi connectivity index (χ1n) is 6.63. The third-order valence-electron chi connectivity index (χ3n) is 3.03. The second-order valence-corrected chi connectivity index (χ2v) is 4.84. The van der Waals surface area contributed by atoms with Gasteiger partial charge >= 0.3 is 12.0 Å². The average Bonchev–Trinajstić information content (AvgIpc) is 2.74. The molecule has 7 nitrogen and oxygen atoms in total. The van der Waals surface area contributed by atoms with Gasteiger partial charge in [-0.15, -0.1) is 0 Å². The van der Waals surface area contributed by atoms with Crippen molar-refractivity contribution in [2.24, 2.45) is 7.05 Å². The maximum Gasteiger partial charge on any atom is 0.317 e. The molecule has 0 aliphatic carbocycles. The largest absolute Gasteiger partial charge is 0.481 e. The number of imidazole rings is 1. The van der Waals surface area contributed by atoms with Crippen molar-refractivity contribution >= 4 is 12.0 Å². The van der Waals surface area contributed by atoms with Gasteiger partial charge in [0, 0.05) is 32.5 Å². The average molecular weight is 282 g/mol. The molecule has 0 aliphatic rings. The summed E-state index contributed by atoms with van der Waals surface area (Å²) in [5, 5.41) is 11.6. The summed E-state index contributed by atoms with van der Waals surface area (Å²) in [5.41, 5.74) is 0. The molecule has 1 unspecified atom stereocenters. The van der Waals surface area contributed by atoms with Crippen LogP contribution in [0.5, 0.6) is 0 Å². The first-order chi connectivity index (χ1) is 9.43. The van der Waals surface area contributed by atoms with E-state index < -0.39 is 5.97 Å².